The van der Waals surface area contributed by atoms with E-state index in [0.717, 1.165) is 11.3 Å². The lowest BCUT2D eigenvalue weighted by atomic mass is 10.2. The van der Waals surface area contributed by atoms with E-state index in [2.05, 4.69) is 21.8 Å². The van der Waals surface area contributed by atoms with Gasteiger partial charge in [0.25, 0.3) is 5.56 Å². The van der Waals surface area contributed by atoms with Gasteiger partial charge in [0, 0.05) is 0 Å². The average molecular weight is 338 g/mol. The zero-order chi connectivity index (χ0) is 17.1. The Hall–Kier alpha value is -2.15. The normalized spacial score (nSPS) is 15.0. The van der Waals surface area contributed by atoms with Crippen LogP contribution in [0.3, 0.4) is 0 Å². The molecule has 9 heteroatoms. The second-order valence-corrected chi connectivity index (χ2v) is 5.85. The molecule has 0 aromatic carbocycles. The first-order valence-electron chi connectivity index (χ1n) is 7.05. The minimum absolute atomic E-state index is 0.0752. The number of nitrogens with zero attached hydrogens (tertiary/aromatic N) is 2. The maximum absolute atomic E-state index is 12.3. The fourth-order valence-corrected chi connectivity index (χ4v) is 2.98. The number of aliphatic hydroxyl groups excluding tert-OH is 1. The molecule has 0 fully saturated rings. The van der Waals surface area contributed by atoms with Crippen molar-refractivity contribution >= 4 is 27.6 Å². The van der Waals surface area contributed by atoms with E-state index in [1.807, 2.05) is 6.92 Å². The topological polar surface area (TPSA) is 123 Å². The summed E-state index contributed by atoms with van der Waals surface area (Å²) in [5, 5.41) is 9.86. The molecular weight excluding hydrogens is 320 g/mol. The maximum Gasteiger partial charge on any atom is 0.311 e. The fourth-order valence-electron chi connectivity index (χ4n) is 2.13. The zero-order valence-electron chi connectivity index (χ0n) is 13.0. The molecule has 3 atom stereocenters. The Morgan fingerprint density at radius 2 is 2.22 bits per heavy atom. The van der Waals surface area contributed by atoms with Gasteiger partial charge >= 0.3 is 4.87 Å². The summed E-state index contributed by atoms with van der Waals surface area (Å²) in [5.41, 5.74) is 5.27. The lowest BCUT2D eigenvalue weighted by Gasteiger charge is -2.23. The molecule has 2 aromatic rings. The Morgan fingerprint density at radius 1 is 1.52 bits per heavy atom. The van der Waals surface area contributed by atoms with Crippen molar-refractivity contribution in [2.24, 2.45) is 0 Å². The van der Waals surface area contributed by atoms with Crippen molar-refractivity contribution in [1.29, 1.82) is 0 Å². The second-order valence-electron chi connectivity index (χ2n) is 4.89. The SMILES string of the molecule is CC#CC(O)C(C)OC(CC)n1c(=O)sc2c(=O)[nH]c(N)nc21. The molecule has 0 aliphatic carbocycles. The number of aromatic amines is 1. The van der Waals surface area contributed by atoms with Crippen LogP contribution in [-0.4, -0.2) is 31.8 Å². The lowest BCUT2D eigenvalue weighted by molar-refractivity contribution is -0.0827. The van der Waals surface area contributed by atoms with Gasteiger partial charge in [0.15, 0.2) is 5.65 Å². The van der Waals surface area contributed by atoms with Crippen LogP contribution in [0, 0.1) is 11.8 Å². The summed E-state index contributed by atoms with van der Waals surface area (Å²) in [5.74, 6) is 5.13. The van der Waals surface area contributed by atoms with Crippen LogP contribution >= 0.6 is 11.3 Å². The van der Waals surface area contributed by atoms with E-state index in [1.54, 1.807) is 13.8 Å². The molecule has 0 aliphatic heterocycles. The van der Waals surface area contributed by atoms with E-state index < -0.39 is 24.0 Å². The van der Waals surface area contributed by atoms with Gasteiger partial charge in [0.2, 0.25) is 5.95 Å². The summed E-state index contributed by atoms with van der Waals surface area (Å²) in [6, 6.07) is 0. The molecule has 0 radical (unpaired) electrons. The van der Waals surface area contributed by atoms with Gasteiger partial charge in [0.05, 0.1) is 6.10 Å². The third-order valence-electron chi connectivity index (χ3n) is 3.24. The van der Waals surface area contributed by atoms with Crippen LogP contribution in [0.2, 0.25) is 0 Å². The van der Waals surface area contributed by atoms with Gasteiger partial charge in [-0.25, -0.2) is 0 Å². The highest BCUT2D eigenvalue weighted by molar-refractivity contribution is 7.16. The van der Waals surface area contributed by atoms with Crippen LogP contribution in [0.4, 0.5) is 5.95 Å². The molecule has 8 nitrogen and oxygen atoms in total. The van der Waals surface area contributed by atoms with E-state index in [4.69, 9.17) is 10.5 Å². The molecule has 2 heterocycles. The standard InChI is InChI=1S/C14H18N4O4S/c1-4-6-8(19)7(3)22-9(5-2)18-11-10(23-14(18)21)12(20)17-13(15)16-11/h7-9,19H,5H2,1-3H3,(H3,15,16,17,20). The Kier molecular flexibility index (Phi) is 5.20. The molecule has 4 N–H and O–H groups in total. The van der Waals surface area contributed by atoms with E-state index >= 15 is 0 Å². The number of hydrogen-bond acceptors (Lipinski definition) is 7. The third-order valence-corrected chi connectivity index (χ3v) is 4.18. The van der Waals surface area contributed by atoms with Crippen LogP contribution in [0.15, 0.2) is 9.59 Å². The number of ether oxygens (including phenoxy) is 1. The molecule has 0 aliphatic rings. The number of thiazole rings is 1. The molecule has 23 heavy (non-hydrogen) atoms. The van der Waals surface area contributed by atoms with Crippen molar-refractivity contribution in [3.63, 3.8) is 0 Å². The van der Waals surface area contributed by atoms with Crippen LogP contribution in [0.25, 0.3) is 10.3 Å². The van der Waals surface area contributed by atoms with Gasteiger partial charge in [-0.1, -0.05) is 24.2 Å². The number of H-pyrrole nitrogens is 1. The number of anilines is 1. The first-order valence-corrected chi connectivity index (χ1v) is 7.87. The van der Waals surface area contributed by atoms with Crippen molar-refractivity contribution < 1.29 is 9.84 Å². The smallest absolute Gasteiger partial charge is 0.311 e. The van der Waals surface area contributed by atoms with Gasteiger partial charge in [-0.15, -0.1) is 5.92 Å². The number of nitrogen functional groups attached to an aromatic ring is 1. The average Bonchev–Trinajstić information content (AvgIpc) is 2.81. The summed E-state index contributed by atoms with van der Waals surface area (Å²) in [6.07, 6.45) is -1.84. The number of nitrogens with two attached hydrogens (primary N) is 1. The zero-order valence-corrected chi connectivity index (χ0v) is 13.8. The van der Waals surface area contributed by atoms with Crippen molar-refractivity contribution in [2.75, 3.05) is 5.73 Å². The highest BCUT2D eigenvalue weighted by atomic mass is 32.1. The van der Waals surface area contributed by atoms with Crippen molar-refractivity contribution in [3.05, 3.63) is 20.0 Å². The number of hydrogen-bond donors (Lipinski definition) is 3. The summed E-state index contributed by atoms with van der Waals surface area (Å²) in [6.45, 7) is 5.09. The molecular formula is C14H18N4O4S. The minimum Gasteiger partial charge on any atom is -0.378 e. The molecule has 0 saturated carbocycles. The number of rotatable bonds is 5. The van der Waals surface area contributed by atoms with Crippen LogP contribution < -0.4 is 16.2 Å². The minimum atomic E-state index is -0.976. The van der Waals surface area contributed by atoms with Crippen molar-refractivity contribution in [1.82, 2.24) is 14.5 Å². The first kappa shape index (κ1) is 17.2. The molecule has 2 rings (SSSR count). The van der Waals surface area contributed by atoms with E-state index in [-0.39, 0.29) is 21.2 Å². The highest BCUT2D eigenvalue weighted by Crippen LogP contribution is 2.21. The number of fused-ring (bicyclic) bond motifs is 1. The van der Waals surface area contributed by atoms with E-state index in [0.29, 0.717) is 6.42 Å². The lowest BCUT2D eigenvalue weighted by Crippen LogP contribution is -2.31. The van der Waals surface area contributed by atoms with Gasteiger partial charge in [-0.2, -0.15) is 4.98 Å². The van der Waals surface area contributed by atoms with Gasteiger partial charge < -0.3 is 15.6 Å². The van der Waals surface area contributed by atoms with Crippen LogP contribution in [0.5, 0.6) is 0 Å². The summed E-state index contributed by atoms with van der Waals surface area (Å²) < 4.78 is 7.22. The number of aliphatic hydroxyl groups is 1. The number of aromatic nitrogens is 3. The summed E-state index contributed by atoms with van der Waals surface area (Å²) in [4.78, 5) is 30.2. The quantitative estimate of drug-likeness (QED) is 0.679. The van der Waals surface area contributed by atoms with Crippen molar-refractivity contribution in [3.8, 4) is 11.8 Å². The third kappa shape index (κ3) is 3.44. The second kappa shape index (κ2) is 6.95. The Balaban J connectivity index is 2.47. The fraction of sp³-hybridized carbons (Fsp3) is 0.500. The predicted molar refractivity (Wildman–Crippen MR) is 88.2 cm³/mol. The molecule has 3 unspecified atom stereocenters. The Morgan fingerprint density at radius 3 is 2.83 bits per heavy atom. The first-order chi connectivity index (χ1) is 10.9. The van der Waals surface area contributed by atoms with E-state index in [9.17, 15) is 14.7 Å². The molecule has 0 bridgehead atoms. The highest BCUT2D eigenvalue weighted by Gasteiger charge is 2.24. The van der Waals surface area contributed by atoms with E-state index in [1.165, 1.54) is 4.57 Å². The molecule has 124 valence electrons. The number of nitrogens with one attached hydrogen (secondary N) is 1. The van der Waals surface area contributed by atoms with Crippen molar-refractivity contribution in [2.45, 2.75) is 45.6 Å². The predicted octanol–water partition coefficient (Wildman–Crippen LogP) is 0.426. The van der Waals surface area contributed by atoms with Crippen LogP contribution in [0.1, 0.15) is 33.4 Å². The Labute approximate surface area is 135 Å². The molecule has 0 amide bonds. The molecule has 0 spiro atoms. The van der Waals surface area contributed by atoms with Crippen LogP contribution in [-0.2, 0) is 4.74 Å². The monoisotopic (exact) mass is 338 g/mol. The maximum atomic E-state index is 12.3. The molecule has 0 saturated heterocycles. The van der Waals surface area contributed by atoms with Gasteiger partial charge in [-0.3, -0.25) is 19.1 Å². The van der Waals surface area contributed by atoms with Gasteiger partial charge in [0.1, 0.15) is 17.0 Å². The van der Waals surface area contributed by atoms with Gasteiger partial charge in [-0.05, 0) is 20.3 Å². The molecule has 2 aromatic heterocycles. The summed E-state index contributed by atoms with van der Waals surface area (Å²) in [7, 11) is 0. The Bertz CT molecular complexity index is 873. The summed E-state index contributed by atoms with van der Waals surface area (Å²) >= 11 is 0.779. The largest absolute Gasteiger partial charge is 0.378 e.